The summed E-state index contributed by atoms with van der Waals surface area (Å²) in [5.74, 6) is 0.590. The van der Waals surface area contributed by atoms with Crippen molar-refractivity contribution in [1.82, 2.24) is 15.3 Å². The molecule has 134 valence electrons. The third-order valence-electron chi connectivity index (χ3n) is 5.05. The highest BCUT2D eigenvalue weighted by Crippen LogP contribution is 2.38. The molecule has 0 aliphatic heterocycles. The van der Waals surface area contributed by atoms with Crippen LogP contribution < -0.4 is 10.1 Å². The summed E-state index contributed by atoms with van der Waals surface area (Å²) in [6.07, 6.45) is 4.64. The lowest BCUT2D eigenvalue weighted by Crippen LogP contribution is -2.41. The van der Waals surface area contributed by atoms with Crippen LogP contribution in [0.25, 0.3) is 10.9 Å². The topological polar surface area (TPSA) is 87.2 Å². The van der Waals surface area contributed by atoms with Crippen molar-refractivity contribution < 1.29 is 14.6 Å². The maximum absolute atomic E-state index is 12.8. The van der Waals surface area contributed by atoms with Crippen LogP contribution in [0.4, 0.5) is 0 Å². The van der Waals surface area contributed by atoms with Crippen LogP contribution in [-0.2, 0) is 0 Å². The first-order valence-corrected chi connectivity index (χ1v) is 8.70. The van der Waals surface area contributed by atoms with Crippen molar-refractivity contribution in [2.24, 2.45) is 5.92 Å². The quantitative estimate of drug-likeness (QED) is 0.660. The van der Waals surface area contributed by atoms with Crippen LogP contribution in [0.15, 0.2) is 48.8 Å². The zero-order valence-electron chi connectivity index (χ0n) is 14.5. The summed E-state index contributed by atoms with van der Waals surface area (Å²) in [6, 6.07) is 11.1. The average Bonchev–Trinajstić information content (AvgIpc) is 3.11. The molecule has 1 amide bonds. The molecule has 4 rings (SSSR count). The summed E-state index contributed by atoms with van der Waals surface area (Å²) in [4.78, 5) is 20.2. The van der Waals surface area contributed by atoms with Gasteiger partial charge in [-0.1, -0.05) is 12.1 Å². The van der Waals surface area contributed by atoms with Gasteiger partial charge in [0.1, 0.15) is 0 Å². The zero-order chi connectivity index (χ0) is 18.1. The van der Waals surface area contributed by atoms with E-state index in [-0.39, 0.29) is 24.0 Å². The number of H-pyrrole nitrogens is 1. The predicted molar refractivity (Wildman–Crippen MR) is 98.0 cm³/mol. The highest BCUT2D eigenvalue weighted by molar-refractivity contribution is 5.98. The van der Waals surface area contributed by atoms with Gasteiger partial charge in [0.25, 0.3) is 5.91 Å². The number of aliphatic hydroxyl groups excluding tert-OH is 1. The van der Waals surface area contributed by atoms with E-state index in [0.717, 1.165) is 16.5 Å². The van der Waals surface area contributed by atoms with Gasteiger partial charge in [-0.05, 0) is 47.9 Å². The van der Waals surface area contributed by atoms with Crippen molar-refractivity contribution in [3.8, 4) is 5.88 Å². The van der Waals surface area contributed by atoms with Crippen LogP contribution in [0.5, 0.6) is 5.88 Å². The maximum atomic E-state index is 12.8. The highest BCUT2D eigenvalue weighted by Gasteiger charge is 2.36. The predicted octanol–water partition coefficient (Wildman–Crippen LogP) is 2.81. The number of nitrogens with one attached hydrogen (secondary N) is 2. The van der Waals surface area contributed by atoms with E-state index in [1.54, 1.807) is 19.4 Å². The minimum absolute atomic E-state index is 0.135. The molecule has 1 aromatic carbocycles. The van der Waals surface area contributed by atoms with Crippen molar-refractivity contribution in [2.75, 3.05) is 7.11 Å². The van der Waals surface area contributed by atoms with Crippen LogP contribution >= 0.6 is 0 Å². The van der Waals surface area contributed by atoms with Gasteiger partial charge in [0.2, 0.25) is 5.88 Å². The monoisotopic (exact) mass is 351 g/mol. The van der Waals surface area contributed by atoms with Gasteiger partial charge in [0.15, 0.2) is 0 Å². The number of carbonyl (C=O) groups is 1. The summed E-state index contributed by atoms with van der Waals surface area (Å²) in [5.41, 5.74) is 2.45. The molecule has 2 heterocycles. The fraction of sp³-hybridized carbons (Fsp3) is 0.300. The van der Waals surface area contributed by atoms with Gasteiger partial charge in [-0.25, -0.2) is 4.98 Å². The molecule has 3 N–H and O–H groups in total. The average molecular weight is 351 g/mol. The molecule has 1 saturated carbocycles. The minimum atomic E-state index is -0.291. The fourth-order valence-corrected chi connectivity index (χ4v) is 3.49. The number of hydrogen-bond acceptors (Lipinski definition) is 4. The lowest BCUT2D eigenvalue weighted by Gasteiger charge is -2.38. The van der Waals surface area contributed by atoms with E-state index in [1.165, 1.54) is 0 Å². The molecule has 26 heavy (non-hydrogen) atoms. The Bertz CT molecular complexity index is 913. The summed E-state index contributed by atoms with van der Waals surface area (Å²) in [5, 5.41) is 13.9. The standard InChI is InChI=1S/C20H21N3O3/c1-26-18-5-4-14(11-22-18)19(15-8-16(24)9-15)23-20(25)13-3-2-12-6-7-21-17(12)10-13/h2-7,10-11,15-16,19,21,24H,8-9H2,1H3,(H,23,25). The Labute approximate surface area is 151 Å². The normalized spacial score (nSPS) is 20.4. The first kappa shape index (κ1) is 16.6. The fourth-order valence-electron chi connectivity index (χ4n) is 3.49. The summed E-state index contributed by atoms with van der Waals surface area (Å²) in [7, 11) is 1.57. The van der Waals surface area contributed by atoms with Crippen LogP contribution in [0.1, 0.15) is 34.8 Å². The second kappa shape index (κ2) is 6.80. The molecule has 3 aromatic rings. The Morgan fingerprint density at radius 2 is 2.15 bits per heavy atom. The van der Waals surface area contributed by atoms with Gasteiger partial charge in [-0.15, -0.1) is 0 Å². The Balaban J connectivity index is 1.57. The van der Waals surface area contributed by atoms with Crippen molar-refractivity contribution >= 4 is 16.8 Å². The number of methoxy groups -OCH3 is 1. The first-order chi connectivity index (χ1) is 12.6. The van der Waals surface area contributed by atoms with E-state index in [0.29, 0.717) is 24.3 Å². The third-order valence-corrected chi connectivity index (χ3v) is 5.05. The molecule has 1 aliphatic carbocycles. The maximum Gasteiger partial charge on any atom is 0.251 e. The molecule has 0 bridgehead atoms. The molecule has 2 aromatic heterocycles. The largest absolute Gasteiger partial charge is 0.481 e. The van der Waals surface area contributed by atoms with E-state index in [2.05, 4.69) is 15.3 Å². The molecule has 1 fully saturated rings. The Morgan fingerprint density at radius 1 is 1.31 bits per heavy atom. The number of aromatic amines is 1. The second-order valence-electron chi connectivity index (χ2n) is 6.75. The number of amides is 1. The molecule has 6 heteroatoms. The molecule has 0 spiro atoms. The van der Waals surface area contributed by atoms with Crippen molar-refractivity contribution in [1.29, 1.82) is 0 Å². The lowest BCUT2D eigenvalue weighted by molar-refractivity contribution is 0.0234. The number of pyridine rings is 1. The van der Waals surface area contributed by atoms with Gasteiger partial charge >= 0.3 is 0 Å². The number of nitrogens with zero attached hydrogens (tertiary/aromatic N) is 1. The number of ether oxygens (including phenoxy) is 1. The van der Waals surface area contributed by atoms with Crippen LogP contribution in [0, 0.1) is 5.92 Å². The molecular formula is C20H21N3O3. The Morgan fingerprint density at radius 3 is 2.85 bits per heavy atom. The molecule has 0 radical (unpaired) electrons. The number of carbonyl (C=O) groups excluding carboxylic acids is 1. The van der Waals surface area contributed by atoms with Gasteiger partial charge in [-0.3, -0.25) is 4.79 Å². The lowest BCUT2D eigenvalue weighted by atomic mass is 9.75. The SMILES string of the molecule is COc1ccc(C(NC(=O)c2ccc3cc[nH]c3c2)C2CC(O)C2)cn1. The number of fused-ring (bicyclic) bond motifs is 1. The summed E-state index contributed by atoms with van der Waals surface area (Å²) >= 11 is 0. The van der Waals surface area contributed by atoms with Crippen molar-refractivity contribution in [3.63, 3.8) is 0 Å². The number of hydrogen-bond donors (Lipinski definition) is 3. The van der Waals surface area contributed by atoms with Crippen molar-refractivity contribution in [3.05, 3.63) is 59.9 Å². The van der Waals surface area contributed by atoms with Crippen LogP contribution in [-0.4, -0.2) is 34.2 Å². The second-order valence-corrected chi connectivity index (χ2v) is 6.75. The van der Waals surface area contributed by atoms with E-state index in [9.17, 15) is 9.90 Å². The van der Waals surface area contributed by atoms with Crippen molar-refractivity contribution in [2.45, 2.75) is 25.0 Å². The van der Waals surface area contributed by atoms with Gasteiger partial charge in [0.05, 0.1) is 19.3 Å². The molecule has 1 aliphatic rings. The number of benzene rings is 1. The Kier molecular flexibility index (Phi) is 4.34. The molecular weight excluding hydrogens is 330 g/mol. The highest BCUT2D eigenvalue weighted by atomic mass is 16.5. The van der Waals surface area contributed by atoms with Crippen LogP contribution in [0.2, 0.25) is 0 Å². The van der Waals surface area contributed by atoms with Gasteiger partial charge in [-0.2, -0.15) is 0 Å². The van der Waals surface area contributed by atoms with Gasteiger partial charge < -0.3 is 20.1 Å². The third kappa shape index (κ3) is 3.15. The molecule has 0 saturated heterocycles. The van der Waals surface area contributed by atoms with E-state index in [4.69, 9.17) is 4.74 Å². The van der Waals surface area contributed by atoms with E-state index >= 15 is 0 Å². The smallest absolute Gasteiger partial charge is 0.251 e. The number of aliphatic hydroxyl groups is 1. The number of rotatable bonds is 5. The molecule has 1 unspecified atom stereocenters. The summed E-state index contributed by atoms with van der Waals surface area (Å²) < 4.78 is 5.11. The summed E-state index contributed by atoms with van der Waals surface area (Å²) in [6.45, 7) is 0. The molecule has 1 atom stereocenters. The van der Waals surface area contributed by atoms with Gasteiger partial charge in [0, 0.05) is 29.5 Å². The first-order valence-electron chi connectivity index (χ1n) is 8.70. The zero-order valence-corrected chi connectivity index (χ0v) is 14.5. The van der Waals surface area contributed by atoms with E-state index in [1.807, 2.05) is 36.5 Å². The minimum Gasteiger partial charge on any atom is -0.481 e. The van der Waals surface area contributed by atoms with Crippen LogP contribution in [0.3, 0.4) is 0 Å². The Hall–Kier alpha value is -2.86. The molecule has 6 nitrogen and oxygen atoms in total. The number of aromatic nitrogens is 2. The van der Waals surface area contributed by atoms with E-state index < -0.39 is 0 Å².